The second kappa shape index (κ2) is 7.20. The molecule has 0 unspecified atom stereocenters. The molecule has 0 saturated heterocycles. The van der Waals surface area contributed by atoms with Gasteiger partial charge in [0.1, 0.15) is 40.6 Å². The fourth-order valence-corrected chi connectivity index (χ4v) is 3.89. The SMILES string of the molecule is C#Cc1c(F)ccc2cc(O)cc(-c3nc4c5c(nc(OC)nc5c3F)N(C)CCO4)c12. The molecule has 0 saturated carbocycles. The lowest BCUT2D eigenvalue weighted by Gasteiger charge is -2.17. The van der Waals surface area contributed by atoms with Gasteiger partial charge in [-0.25, -0.2) is 13.8 Å². The lowest BCUT2D eigenvalue weighted by atomic mass is 9.95. The number of terminal acetylenes is 1. The van der Waals surface area contributed by atoms with Crippen LogP contribution < -0.4 is 14.4 Å². The Labute approximate surface area is 181 Å². The number of phenols is 1. The summed E-state index contributed by atoms with van der Waals surface area (Å²) in [5.74, 6) is 1.24. The molecule has 0 amide bonds. The molecular formula is C23H16F2N4O3. The van der Waals surface area contributed by atoms with Crippen molar-refractivity contribution < 1.29 is 23.4 Å². The number of pyridine rings is 1. The van der Waals surface area contributed by atoms with Crippen molar-refractivity contribution in [3.05, 3.63) is 41.5 Å². The number of methoxy groups -OCH3 is 1. The quantitative estimate of drug-likeness (QED) is 0.483. The summed E-state index contributed by atoms with van der Waals surface area (Å²) in [6, 6.07) is 5.33. The second-order valence-corrected chi connectivity index (χ2v) is 7.27. The van der Waals surface area contributed by atoms with E-state index in [2.05, 4.69) is 20.9 Å². The predicted octanol–water partition coefficient (Wildman–Crippen LogP) is 3.65. The number of ether oxygens (including phenoxy) is 2. The molecule has 0 bridgehead atoms. The summed E-state index contributed by atoms with van der Waals surface area (Å²) in [5, 5.41) is 11.2. The molecule has 0 aliphatic carbocycles. The highest BCUT2D eigenvalue weighted by atomic mass is 19.1. The standard InChI is InChI=1S/C23H16F2N4O3/c1-4-13-15(24)6-5-11-9-12(30)10-14(16(11)13)19-18(25)20-17-21(28-23(27-20)31-3)29(2)7-8-32-22(17)26-19/h1,5-6,9-10,30H,7-8H2,2-3H3. The smallest absolute Gasteiger partial charge is 0.318 e. The van der Waals surface area contributed by atoms with Crippen LogP contribution in [0.3, 0.4) is 0 Å². The largest absolute Gasteiger partial charge is 0.508 e. The van der Waals surface area contributed by atoms with E-state index in [0.717, 1.165) is 0 Å². The summed E-state index contributed by atoms with van der Waals surface area (Å²) in [6.07, 6.45) is 5.56. The second-order valence-electron chi connectivity index (χ2n) is 7.27. The van der Waals surface area contributed by atoms with Gasteiger partial charge >= 0.3 is 6.01 Å². The molecule has 0 spiro atoms. The van der Waals surface area contributed by atoms with Crippen LogP contribution >= 0.6 is 0 Å². The van der Waals surface area contributed by atoms with E-state index in [1.165, 1.54) is 31.4 Å². The number of aromatic hydroxyl groups is 1. The van der Waals surface area contributed by atoms with Gasteiger partial charge in [0.2, 0.25) is 5.88 Å². The monoisotopic (exact) mass is 434 g/mol. The molecule has 0 atom stereocenters. The predicted molar refractivity (Wildman–Crippen MR) is 115 cm³/mol. The van der Waals surface area contributed by atoms with Crippen LogP contribution in [-0.4, -0.2) is 47.4 Å². The van der Waals surface area contributed by atoms with Crippen molar-refractivity contribution in [2.75, 3.05) is 32.2 Å². The number of hydrogen-bond donors (Lipinski definition) is 1. The molecule has 1 aliphatic heterocycles. The summed E-state index contributed by atoms with van der Waals surface area (Å²) in [7, 11) is 3.17. The lowest BCUT2D eigenvalue weighted by Crippen LogP contribution is -2.22. The third-order valence-electron chi connectivity index (χ3n) is 5.37. The number of phenolic OH excluding ortho intramolecular Hbond substituents is 1. The number of hydrogen-bond acceptors (Lipinski definition) is 7. The van der Waals surface area contributed by atoms with Crippen LogP contribution in [0.4, 0.5) is 14.6 Å². The van der Waals surface area contributed by atoms with Gasteiger partial charge in [-0.1, -0.05) is 12.0 Å². The topological polar surface area (TPSA) is 80.6 Å². The van der Waals surface area contributed by atoms with Crippen LogP contribution in [0.15, 0.2) is 24.3 Å². The third kappa shape index (κ3) is 2.84. The third-order valence-corrected chi connectivity index (χ3v) is 5.37. The van der Waals surface area contributed by atoms with Crippen LogP contribution in [0.1, 0.15) is 5.56 Å². The Morgan fingerprint density at radius 3 is 2.75 bits per heavy atom. The number of anilines is 1. The van der Waals surface area contributed by atoms with E-state index in [-0.39, 0.29) is 52.0 Å². The average Bonchev–Trinajstić information content (AvgIpc) is 2.94. The first kappa shape index (κ1) is 19.8. The van der Waals surface area contributed by atoms with Crippen LogP contribution in [0, 0.1) is 24.0 Å². The van der Waals surface area contributed by atoms with Crippen LogP contribution in [0.5, 0.6) is 17.6 Å². The Bertz CT molecular complexity index is 1470. The van der Waals surface area contributed by atoms with Crippen LogP contribution in [-0.2, 0) is 0 Å². The van der Waals surface area contributed by atoms with Gasteiger partial charge < -0.3 is 19.5 Å². The van der Waals surface area contributed by atoms with Gasteiger partial charge in [0.05, 0.1) is 19.2 Å². The molecule has 5 rings (SSSR count). The van der Waals surface area contributed by atoms with E-state index in [1.54, 1.807) is 11.9 Å². The van der Waals surface area contributed by atoms with Crippen molar-refractivity contribution in [2.24, 2.45) is 0 Å². The van der Waals surface area contributed by atoms with E-state index in [1.807, 2.05) is 0 Å². The Balaban J connectivity index is 1.94. The fraction of sp³-hybridized carbons (Fsp3) is 0.174. The Morgan fingerprint density at radius 1 is 1.19 bits per heavy atom. The van der Waals surface area contributed by atoms with Gasteiger partial charge in [-0.3, -0.25) is 0 Å². The van der Waals surface area contributed by atoms with E-state index in [9.17, 15) is 9.50 Å². The zero-order chi connectivity index (χ0) is 22.6. The maximum absolute atomic E-state index is 15.9. The maximum atomic E-state index is 15.9. The lowest BCUT2D eigenvalue weighted by molar-refractivity contribution is 0.321. The number of likely N-dealkylation sites (N-methyl/N-ethyl adjacent to an activating group) is 1. The highest BCUT2D eigenvalue weighted by Crippen LogP contribution is 2.42. The highest BCUT2D eigenvalue weighted by molar-refractivity contribution is 6.04. The van der Waals surface area contributed by atoms with E-state index in [0.29, 0.717) is 23.1 Å². The van der Waals surface area contributed by atoms with Crippen molar-refractivity contribution >= 4 is 27.5 Å². The zero-order valence-electron chi connectivity index (χ0n) is 17.1. The fourth-order valence-electron chi connectivity index (χ4n) is 3.89. The van der Waals surface area contributed by atoms with Crippen molar-refractivity contribution in [2.45, 2.75) is 0 Å². The van der Waals surface area contributed by atoms with Crippen molar-refractivity contribution in [3.63, 3.8) is 0 Å². The minimum absolute atomic E-state index is 0.0284. The van der Waals surface area contributed by atoms with Gasteiger partial charge in [-0.05, 0) is 23.6 Å². The molecule has 9 heteroatoms. The average molecular weight is 434 g/mol. The number of aromatic nitrogens is 3. The molecule has 0 radical (unpaired) electrons. The van der Waals surface area contributed by atoms with E-state index in [4.69, 9.17) is 15.9 Å². The van der Waals surface area contributed by atoms with Gasteiger partial charge in [-0.15, -0.1) is 6.42 Å². The Morgan fingerprint density at radius 2 is 2.00 bits per heavy atom. The Kier molecular flexibility index (Phi) is 4.44. The number of nitrogens with zero attached hydrogens (tertiary/aromatic N) is 4. The molecular weight excluding hydrogens is 418 g/mol. The summed E-state index contributed by atoms with van der Waals surface area (Å²) in [4.78, 5) is 14.7. The van der Waals surface area contributed by atoms with Crippen molar-refractivity contribution in [3.8, 4) is 41.2 Å². The van der Waals surface area contributed by atoms with Gasteiger partial charge in [0, 0.05) is 18.0 Å². The number of rotatable bonds is 2. The van der Waals surface area contributed by atoms with E-state index >= 15 is 4.39 Å². The molecule has 4 aromatic rings. The first-order valence-corrected chi connectivity index (χ1v) is 9.64. The Hall–Kier alpha value is -4.19. The van der Waals surface area contributed by atoms with Gasteiger partial charge in [0.25, 0.3) is 0 Å². The minimum atomic E-state index is -0.802. The first-order valence-electron chi connectivity index (χ1n) is 9.64. The molecule has 7 nitrogen and oxygen atoms in total. The summed E-state index contributed by atoms with van der Waals surface area (Å²) in [6.45, 7) is 0.747. The van der Waals surface area contributed by atoms with Crippen molar-refractivity contribution in [1.82, 2.24) is 15.0 Å². The molecule has 2 aromatic heterocycles. The molecule has 160 valence electrons. The summed E-state index contributed by atoms with van der Waals surface area (Å²) >= 11 is 0. The maximum Gasteiger partial charge on any atom is 0.318 e. The molecule has 2 aromatic carbocycles. The minimum Gasteiger partial charge on any atom is -0.508 e. The van der Waals surface area contributed by atoms with Crippen LogP contribution in [0.25, 0.3) is 32.9 Å². The molecule has 32 heavy (non-hydrogen) atoms. The zero-order valence-corrected chi connectivity index (χ0v) is 17.1. The summed E-state index contributed by atoms with van der Waals surface area (Å²) in [5.41, 5.74) is -0.211. The molecule has 3 heterocycles. The summed E-state index contributed by atoms with van der Waals surface area (Å²) < 4.78 is 41.4. The van der Waals surface area contributed by atoms with Crippen LogP contribution in [0.2, 0.25) is 0 Å². The molecule has 1 aliphatic rings. The molecule has 1 N–H and O–H groups in total. The number of halogens is 2. The van der Waals surface area contributed by atoms with Gasteiger partial charge in [0.15, 0.2) is 5.82 Å². The molecule has 0 fully saturated rings. The first-order chi connectivity index (χ1) is 15.4. The van der Waals surface area contributed by atoms with Crippen molar-refractivity contribution in [1.29, 1.82) is 0 Å². The van der Waals surface area contributed by atoms with E-state index < -0.39 is 11.6 Å². The number of benzene rings is 2. The highest BCUT2D eigenvalue weighted by Gasteiger charge is 2.27. The van der Waals surface area contributed by atoms with Gasteiger partial charge in [-0.2, -0.15) is 9.97 Å². The normalized spacial score (nSPS) is 13.0. The number of fused-ring (bicyclic) bond motifs is 1.